The van der Waals surface area contributed by atoms with Crippen LogP contribution in [-0.2, 0) is 6.54 Å². The van der Waals surface area contributed by atoms with Gasteiger partial charge in [-0.05, 0) is 30.5 Å². The van der Waals surface area contributed by atoms with Gasteiger partial charge in [-0.15, -0.1) is 11.3 Å². The fourth-order valence-electron chi connectivity index (χ4n) is 3.58. The molecule has 170 valence electrons. The number of carbonyl (C=O) groups excluding carboxylic acids is 1. The molecular weight excluding hydrogens is 442 g/mol. The lowest BCUT2D eigenvalue weighted by Gasteiger charge is -2.15. The third-order valence-corrected chi connectivity index (χ3v) is 6.08. The molecular formula is C24H23N3O5S. The standard InChI is InChI=1S/C24H23N3O5S/c1-14-17(23(28)26-15-10-20(30-2)22(32-4)21(11-15)31-3)12-18-19(25-14)7-8-27(24(18)29)13-16-6-5-9-33-16/h5-12H,13H2,1-4H3,(H,26,28). The van der Waals surface area contributed by atoms with Crippen molar-refractivity contribution in [3.63, 3.8) is 0 Å². The number of thiophene rings is 1. The maximum atomic E-state index is 13.1. The second-order valence-electron chi connectivity index (χ2n) is 7.25. The largest absolute Gasteiger partial charge is 0.493 e. The summed E-state index contributed by atoms with van der Waals surface area (Å²) in [6.45, 7) is 2.20. The maximum absolute atomic E-state index is 13.1. The van der Waals surface area contributed by atoms with E-state index < -0.39 is 5.91 Å². The number of rotatable bonds is 7. The van der Waals surface area contributed by atoms with Crippen molar-refractivity contribution in [2.45, 2.75) is 13.5 Å². The number of fused-ring (bicyclic) bond motifs is 1. The van der Waals surface area contributed by atoms with E-state index in [1.807, 2.05) is 17.5 Å². The number of benzene rings is 1. The zero-order valence-corrected chi connectivity index (χ0v) is 19.5. The quantitative estimate of drug-likeness (QED) is 0.442. The Morgan fingerprint density at radius 1 is 1.09 bits per heavy atom. The van der Waals surface area contributed by atoms with Crippen molar-refractivity contribution in [1.29, 1.82) is 0 Å². The topological polar surface area (TPSA) is 91.7 Å². The van der Waals surface area contributed by atoms with E-state index in [0.717, 1.165) is 4.88 Å². The number of amides is 1. The van der Waals surface area contributed by atoms with Crippen LogP contribution in [0.15, 0.2) is 52.8 Å². The SMILES string of the molecule is COc1cc(NC(=O)c2cc3c(=O)n(Cc4cccs4)ccc3nc2C)cc(OC)c1OC. The van der Waals surface area contributed by atoms with Gasteiger partial charge in [-0.25, -0.2) is 0 Å². The summed E-state index contributed by atoms with van der Waals surface area (Å²) in [5.74, 6) is 0.853. The molecule has 8 nitrogen and oxygen atoms in total. The molecule has 0 fully saturated rings. The number of aryl methyl sites for hydroxylation is 1. The van der Waals surface area contributed by atoms with Gasteiger partial charge in [0.1, 0.15) is 0 Å². The number of pyridine rings is 2. The monoisotopic (exact) mass is 465 g/mol. The Morgan fingerprint density at radius 2 is 1.82 bits per heavy atom. The van der Waals surface area contributed by atoms with E-state index in [2.05, 4.69) is 10.3 Å². The Kier molecular flexibility index (Phi) is 6.32. The molecule has 0 aliphatic carbocycles. The lowest BCUT2D eigenvalue weighted by molar-refractivity contribution is 0.102. The smallest absolute Gasteiger partial charge is 0.260 e. The van der Waals surface area contributed by atoms with Gasteiger partial charge < -0.3 is 24.1 Å². The van der Waals surface area contributed by atoms with E-state index >= 15 is 0 Å². The predicted molar refractivity (Wildman–Crippen MR) is 128 cm³/mol. The van der Waals surface area contributed by atoms with E-state index in [1.165, 1.54) is 21.3 Å². The number of hydrogen-bond acceptors (Lipinski definition) is 7. The first-order chi connectivity index (χ1) is 15.9. The van der Waals surface area contributed by atoms with Crippen LogP contribution >= 0.6 is 11.3 Å². The van der Waals surface area contributed by atoms with Gasteiger partial charge in [-0.1, -0.05) is 6.07 Å². The number of nitrogens with zero attached hydrogens (tertiary/aromatic N) is 2. The fourth-order valence-corrected chi connectivity index (χ4v) is 4.28. The van der Waals surface area contributed by atoms with Crippen LogP contribution in [0, 0.1) is 6.92 Å². The first-order valence-electron chi connectivity index (χ1n) is 10.1. The van der Waals surface area contributed by atoms with E-state index in [9.17, 15) is 9.59 Å². The van der Waals surface area contributed by atoms with Crippen molar-refractivity contribution in [3.8, 4) is 17.2 Å². The molecule has 0 bridgehead atoms. The lowest BCUT2D eigenvalue weighted by atomic mass is 10.1. The van der Waals surface area contributed by atoms with Gasteiger partial charge >= 0.3 is 0 Å². The average Bonchev–Trinajstić information content (AvgIpc) is 3.33. The van der Waals surface area contributed by atoms with E-state index in [0.29, 0.717) is 51.6 Å². The molecule has 0 aliphatic heterocycles. The number of carbonyl (C=O) groups is 1. The Labute approximate surface area is 194 Å². The number of hydrogen-bond donors (Lipinski definition) is 1. The van der Waals surface area contributed by atoms with Crippen molar-refractivity contribution in [2.75, 3.05) is 26.6 Å². The molecule has 0 spiro atoms. The van der Waals surface area contributed by atoms with Gasteiger partial charge in [0.25, 0.3) is 11.5 Å². The van der Waals surface area contributed by atoms with E-state index in [4.69, 9.17) is 14.2 Å². The van der Waals surface area contributed by atoms with E-state index in [-0.39, 0.29) is 5.56 Å². The van der Waals surface area contributed by atoms with E-state index in [1.54, 1.807) is 53.3 Å². The third-order valence-electron chi connectivity index (χ3n) is 5.22. The molecule has 4 rings (SSSR count). The van der Waals surface area contributed by atoms with Crippen molar-refractivity contribution in [2.24, 2.45) is 0 Å². The summed E-state index contributed by atoms with van der Waals surface area (Å²) in [6.07, 6.45) is 1.73. The molecule has 3 aromatic heterocycles. The van der Waals surface area contributed by atoms with Gasteiger partial charge in [0.05, 0.1) is 50.0 Å². The van der Waals surface area contributed by atoms with Crippen molar-refractivity contribution >= 4 is 33.8 Å². The number of ether oxygens (including phenoxy) is 3. The minimum absolute atomic E-state index is 0.199. The maximum Gasteiger partial charge on any atom is 0.260 e. The van der Waals surface area contributed by atoms with Gasteiger partial charge in [-0.3, -0.25) is 14.6 Å². The van der Waals surface area contributed by atoms with Crippen LogP contribution in [0.1, 0.15) is 20.9 Å². The molecule has 0 saturated carbocycles. The molecule has 0 saturated heterocycles. The zero-order valence-electron chi connectivity index (χ0n) is 18.7. The van der Waals surface area contributed by atoms with Gasteiger partial charge in [-0.2, -0.15) is 0 Å². The second kappa shape index (κ2) is 9.33. The van der Waals surface area contributed by atoms with Gasteiger partial charge in [0, 0.05) is 28.9 Å². The first kappa shape index (κ1) is 22.3. The molecule has 9 heteroatoms. The summed E-state index contributed by atoms with van der Waals surface area (Å²) >= 11 is 1.58. The fraction of sp³-hybridized carbons (Fsp3) is 0.208. The van der Waals surface area contributed by atoms with Crippen LogP contribution in [0.3, 0.4) is 0 Å². The molecule has 0 atom stereocenters. The predicted octanol–water partition coefficient (Wildman–Crippen LogP) is 4.09. The van der Waals surface area contributed by atoms with Gasteiger partial charge in [0.15, 0.2) is 11.5 Å². The summed E-state index contributed by atoms with van der Waals surface area (Å²) in [5, 5.41) is 5.19. The number of anilines is 1. The van der Waals surface area contributed by atoms with Gasteiger partial charge in [0.2, 0.25) is 5.75 Å². The number of nitrogens with one attached hydrogen (secondary N) is 1. The minimum Gasteiger partial charge on any atom is -0.493 e. The highest BCUT2D eigenvalue weighted by Gasteiger charge is 2.18. The molecule has 33 heavy (non-hydrogen) atoms. The Hall–Kier alpha value is -3.85. The van der Waals surface area contributed by atoms with Crippen molar-refractivity contribution in [3.05, 3.63) is 74.5 Å². The molecule has 0 aliphatic rings. The summed E-state index contributed by atoms with van der Waals surface area (Å²) in [7, 11) is 4.51. The molecule has 0 radical (unpaired) electrons. The molecule has 3 heterocycles. The van der Waals surface area contributed by atoms with Crippen molar-refractivity contribution < 1.29 is 19.0 Å². The Bertz CT molecular complexity index is 1350. The molecule has 4 aromatic rings. The number of aromatic nitrogens is 2. The average molecular weight is 466 g/mol. The van der Waals surface area contributed by atoms with Crippen LogP contribution in [-0.4, -0.2) is 36.8 Å². The van der Waals surface area contributed by atoms with Crippen LogP contribution in [0.5, 0.6) is 17.2 Å². The lowest BCUT2D eigenvalue weighted by Crippen LogP contribution is -2.21. The minimum atomic E-state index is -0.399. The van der Waals surface area contributed by atoms with Crippen LogP contribution in [0.25, 0.3) is 10.9 Å². The normalized spacial score (nSPS) is 10.8. The zero-order chi connectivity index (χ0) is 23.5. The highest BCUT2D eigenvalue weighted by molar-refractivity contribution is 7.09. The molecule has 1 aromatic carbocycles. The summed E-state index contributed by atoms with van der Waals surface area (Å²) in [6, 6.07) is 10.6. The Balaban J connectivity index is 1.70. The molecule has 0 unspecified atom stereocenters. The van der Waals surface area contributed by atoms with Crippen molar-refractivity contribution in [1.82, 2.24) is 9.55 Å². The summed E-state index contributed by atoms with van der Waals surface area (Å²) < 4.78 is 17.6. The number of methoxy groups -OCH3 is 3. The third kappa shape index (κ3) is 4.40. The molecule has 1 amide bonds. The molecule has 1 N–H and O–H groups in total. The summed E-state index contributed by atoms with van der Waals surface area (Å²) in [4.78, 5) is 31.8. The highest BCUT2D eigenvalue weighted by atomic mass is 32.1. The summed E-state index contributed by atoms with van der Waals surface area (Å²) in [5.41, 5.74) is 1.63. The van der Waals surface area contributed by atoms with Crippen LogP contribution in [0.4, 0.5) is 5.69 Å². The van der Waals surface area contributed by atoms with Crippen LogP contribution in [0.2, 0.25) is 0 Å². The highest BCUT2D eigenvalue weighted by Crippen LogP contribution is 2.40. The van der Waals surface area contributed by atoms with Crippen LogP contribution < -0.4 is 25.1 Å². The second-order valence-corrected chi connectivity index (χ2v) is 8.28. The Morgan fingerprint density at radius 3 is 2.42 bits per heavy atom. The first-order valence-corrected chi connectivity index (χ1v) is 11.0.